The fraction of sp³-hybridized carbons (Fsp3) is 0.478. The van der Waals surface area contributed by atoms with Gasteiger partial charge in [0.15, 0.2) is 0 Å². The number of carbonyl (C=O) groups is 2. The monoisotopic (exact) mass is 432 g/mol. The van der Waals surface area contributed by atoms with Gasteiger partial charge >= 0.3 is 0 Å². The van der Waals surface area contributed by atoms with E-state index in [-0.39, 0.29) is 36.4 Å². The summed E-state index contributed by atoms with van der Waals surface area (Å²) in [6, 6.07) is 9.73. The van der Waals surface area contributed by atoms with Crippen LogP contribution in [0.25, 0.3) is 0 Å². The molecule has 2 unspecified atom stereocenters. The Hall–Kier alpha value is -1.85. The van der Waals surface area contributed by atoms with E-state index in [9.17, 15) is 9.59 Å². The Morgan fingerprint density at radius 1 is 1.21 bits per heavy atom. The highest BCUT2D eigenvalue weighted by molar-refractivity contribution is 7.10. The van der Waals surface area contributed by atoms with Crippen molar-refractivity contribution in [3.63, 3.8) is 0 Å². The molecule has 3 rings (SSSR count). The molecule has 4 nitrogen and oxygen atoms in total. The number of rotatable bonds is 6. The van der Waals surface area contributed by atoms with Gasteiger partial charge in [-0.15, -0.1) is 11.3 Å². The molecule has 29 heavy (non-hydrogen) atoms. The van der Waals surface area contributed by atoms with E-state index < -0.39 is 0 Å². The molecule has 2 aromatic rings. The summed E-state index contributed by atoms with van der Waals surface area (Å²) in [6.07, 6.45) is 1.67. The zero-order chi connectivity index (χ0) is 21.1. The number of hydrogen-bond acceptors (Lipinski definition) is 3. The maximum Gasteiger partial charge on any atom is 0.243 e. The van der Waals surface area contributed by atoms with Crippen molar-refractivity contribution in [3.8, 4) is 0 Å². The first-order valence-corrected chi connectivity index (χ1v) is 11.5. The first-order chi connectivity index (χ1) is 13.8. The lowest BCUT2D eigenvalue weighted by atomic mass is 9.93. The second-order valence-corrected chi connectivity index (χ2v) is 9.41. The number of fused-ring (bicyclic) bond motifs is 1. The van der Waals surface area contributed by atoms with Crippen LogP contribution in [0.1, 0.15) is 56.2 Å². The Labute approximate surface area is 182 Å². The SMILES string of the molecule is CCC(C)N(CC(=O)N1CCc2sccc2C1c1ccc(Cl)cc1)C(=O)C(C)C. The lowest BCUT2D eigenvalue weighted by Crippen LogP contribution is -2.50. The van der Waals surface area contributed by atoms with Gasteiger partial charge in [-0.25, -0.2) is 0 Å². The molecule has 1 aliphatic rings. The standard InChI is InChI=1S/C23H29ClN2O2S/c1-5-16(4)26(23(28)15(2)3)14-21(27)25-12-10-20-19(11-13-29-20)22(25)17-6-8-18(24)9-7-17/h6-9,11,13,15-16,22H,5,10,12,14H2,1-4H3. The van der Waals surface area contributed by atoms with Crippen LogP contribution in [0.4, 0.5) is 0 Å². The predicted molar refractivity (Wildman–Crippen MR) is 119 cm³/mol. The quantitative estimate of drug-likeness (QED) is 0.632. The van der Waals surface area contributed by atoms with Crippen LogP contribution in [-0.4, -0.2) is 40.7 Å². The highest BCUT2D eigenvalue weighted by Crippen LogP contribution is 2.38. The summed E-state index contributed by atoms with van der Waals surface area (Å²) in [4.78, 5) is 31.2. The zero-order valence-corrected chi connectivity index (χ0v) is 19.1. The molecule has 1 aromatic carbocycles. The van der Waals surface area contributed by atoms with Crippen LogP contribution in [-0.2, 0) is 16.0 Å². The van der Waals surface area contributed by atoms with Crippen LogP contribution in [0.15, 0.2) is 35.7 Å². The number of halogens is 1. The first-order valence-electron chi connectivity index (χ1n) is 10.2. The van der Waals surface area contributed by atoms with Gasteiger partial charge in [-0.1, -0.05) is 44.5 Å². The van der Waals surface area contributed by atoms with Crippen LogP contribution in [0.2, 0.25) is 5.02 Å². The van der Waals surface area contributed by atoms with Gasteiger partial charge < -0.3 is 9.80 Å². The van der Waals surface area contributed by atoms with Gasteiger partial charge in [-0.3, -0.25) is 9.59 Å². The molecule has 1 aliphatic heterocycles. The van der Waals surface area contributed by atoms with Crippen molar-refractivity contribution in [2.75, 3.05) is 13.1 Å². The van der Waals surface area contributed by atoms with E-state index in [0.717, 1.165) is 18.4 Å². The number of carbonyl (C=O) groups excluding carboxylic acids is 2. The third-order valence-corrected chi connectivity index (χ3v) is 6.93. The molecule has 0 radical (unpaired) electrons. The Bertz CT molecular complexity index is 862. The molecule has 0 spiro atoms. The number of thiophene rings is 1. The average Bonchev–Trinajstić information content (AvgIpc) is 3.19. The smallest absolute Gasteiger partial charge is 0.243 e. The van der Waals surface area contributed by atoms with Crippen molar-refractivity contribution in [1.82, 2.24) is 9.80 Å². The predicted octanol–water partition coefficient (Wildman–Crippen LogP) is 5.16. The Balaban J connectivity index is 1.91. The van der Waals surface area contributed by atoms with E-state index in [1.54, 1.807) is 16.2 Å². The molecular weight excluding hydrogens is 404 g/mol. The molecule has 0 fully saturated rings. The van der Waals surface area contributed by atoms with Gasteiger partial charge in [0.1, 0.15) is 6.54 Å². The van der Waals surface area contributed by atoms with Gasteiger partial charge in [-0.2, -0.15) is 0 Å². The highest BCUT2D eigenvalue weighted by atomic mass is 35.5. The molecule has 0 bridgehead atoms. The third kappa shape index (κ3) is 4.67. The van der Waals surface area contributed by atoms with Crippen molar-refractivity contribution in [2.24, 2.45) is 5.92 Å². The third-order valence-electron chi connectivity index (χ3n) is 5.68. The largest absolute Gasteiger partial charge is 0.330 e. The number of benzene rings is 1. The van der Waals surface area contributed by atoms with E-state index >= 15 is 0 Å². The molecule has 0 N–H and O–H groups in total. The van der Waals surface area contributed by atoms with E-state index in [1.807, 2.05) is 56.9 Å². The lowest BCUT2D eigenvalue weighted by Gasteiger charge is -2.38. The normalized spacial score (nSPS) is 17.2. The Kier molecular flexibility index (Phi) is 7.01. The Morgan fingerprint density at radius 3 is 2.52 bits per heavy atom. The fourth-order valence-electron chi connectivity index (χ4n) is 3.83. The maximum atomic E-state index is 13.4. The van der Waals surface area contributed by atoms with Gasteiger partial charge in [-0.05, 0) is 54.5 Å². The summed E-state index contributed by atoms with van der Waals surface area (Å²) in [5.74, 6) is -0.103. The second-order valence-electron chi connectivity index (χ2n) is 7.97. The molecule has 0 saturated heterocycles. The molecule has 1 aromatic heterocycles. The lowest BCUT2D eigenvalue weighted by molar-refractivity contribution is -0.145. The molecular formula is C23H29ClN2O2S. The highest BCUT2D eigenvalue weighted by Gasteiger charge is 2.34. The topological polar surface area (TPSA) is 40.6 Å². The van der Waals surface area contributed by atoms with Crippen LogP contribution in [0, 0.1) is 5.92 Å². The van der Waals surface area contributed by atoms with E-state index in [0.29, 0.717) is 11.6 Å². The van der Waals surface area contributed by atoms with Gasteiger partial charge in [0.2, 0.25) is 11.8 Å². The summed E-state index contributed by atoms with van der Waals surface area (Å²) in [5.41, 5.74) is 2.23. The number of hydrogen-bond donors (Lipinski definition) is 0. The maximum absolute atomic E-state index is 13.4. The van der Waals surface area contributed by atoms with Crippen molar-refractivity contribution < 1.29 is 9.59 Å². The Morgan fingerprint density at radius 2 is 1.90 bits per heavy atom. The van der Waals surface area contributed by atoms with Crippen LogP contribution in [0.3, 0.4) is 0 Å². The van der Waals surface area contributed by atoms with Crippen LogP contribution >= 0.6 is 22.9 Å². The van der Waals surface area contributed by atoms with Gasteiger partial charge in [0.05, 0.1) is 6.04 Å². The molecule has 0 saturated carbocycles. The van der Waals surface area contributed by atoms with E-state index in [1.165, 1.54) is 10.4 Å². The van der Waals surface area contributed by atoms with Crippen LogP contribution < -0.4 is 0 Å². The van der Waals surface area contributed by atoms with Gasteiger partial charge in [0, 0.05) is 28.4 Å². The van der Waals surface area contributed by atoms with Crippen molar-refractivity contribution in [1.29, 1.82) is 0 Å². The molecule has 2 heterocycles. The first kappa shape index (κ1) is 21.8. The van der Waals surface area contributed by atoms with Crippen molar-refractivity contribution >= 4 is 34.8 Å². The molecule has 2 amide bonds. The average molecular weight is 433 g/mol. The molecule has 0 aliphatic carbocycles. The van der Waals surface area contributed by atoms with Crippen molar-refractivity contribution in [3.05, 3.63) is 56.7 Å². The molecule has 6 heteroatoms. The summed E-state index contributed by atoms with van der Waals surface area (Å²) >= 11 is 7.83. The minimum Gasteiger partial charge on any atom is -0.330 e. The van der Waals surface area contributed by atoms with Crippen molar-refractivity contribution in [2.45, 2.75) is 52.6 Å². The number of nitrogens with zero attached hydrogens (tertiary/aromatic N) is 2. The van der Waals surface area contributed by atoms with E-state index in [2.05, 4.69) is 11.4 Å². The molecule has 156 valence electrons. The minimum atomic E-state index is -0.136. The summed E-state index contributed by atoms with van der Waals surface area (Å²) in [5, 5.41) is 2.77. The summed E-state index contributed by atoms with van der Waals surface area (Å²) in [6.45, 7) is 8.61. The zero-order valence-electron chi connectivity index (χ0n) is 17.5. The molecule has 2 atom stereocenters. The number of amides is 2. The second kappa shape index (κ2) is 9.31. The van der Waals surface area contributed by atoms with Gasteiger partial charge in [0.25, 0.3) is 0 Å². The fourth-order valence-corrected chi connectivity index (χ4v) is 4.86. The van der Waals surface area contributed by atoms with Crippen LogP contribution in [0.5, 0.6) is 0 Å². The minimum absolute atomic E-state index is 0.00361. The summed E-state index contributed by atoms with van der Waals surface area (Å²) in [7, 11) is 0. The van der Waals surface area contributed by atoms with E-state index in [4.69, 9.17) is 11.6 Å². The summed E-state index contributed by atoms with van der Waals surface area (Å²) < 4.78 is 0.